The van der Waals surface area contributed by atoms with Crippen LogP contribution in [0.4, 0.5) is 0 Å². The number of aryl methyl sites for hydroxylation is 1. The van der Waals surface area contributed by atoms with Crippen LogP contribution < -0.4 is 0 Å². The third kappa shape index (κ3) is 2.98. The Hall–Kier alpha value is -1.35. The zero-order valence-electron chi connectivity index (χ0n) is 12.3. The highest BCUT2D eigenvalue weighted by atomic mass is 16.5. The number of carbonyl (C=O) groups is 1. The van der Waals surface area contributed by atoms with Crippen LogP contribution in [0, 0.1) is 6.92 Å². The molecule has 1 fully saturated rings. The van der Waals surface area contributed by atoms with E-state index in [9.17, 15) is 4.79 Å². The molecule has 1 amide bonds. The minimum atomic E-state index is -0.214. The second kappa shape index (κ2) is 5.33. The summed E-state index contributed by atoms with van der Waals surface area (Å²) >= 11 is 0. The fourth-order valence-corrected chi connectivity index (χ4v) is 2.46. The van der Waals surface area contributed by atoms with E-state index in [4.69, 9.17) is 4.74 Å². The Morgan fingerprint density at radius 1 is 1.37 bits per heavy atom. The fraction of sp³-hybridized carbons (Fsp3) is 0.562. The Kier molecular flexibility index (Phi) is 3.95. The summed E-state index contributed by atoms with van der Waals surface area (Å²) in [6, 6.07) is 8.36. The van der Waals surface area contributed by atoms with Crippen molar-refractivity contribution >= 4 is 5.91 Å². The summed E-state index contributed by atoms with van der Waals surface area (Å²) in [7, 11) is 0. The summed E-state index contributed by atoms with van der Waals surface area (Å²) in [6.07, 6.45) is 0.536. The predicted octanol–water partition coefficient (Wildman–Crippen LogP) is 3.08. The third-order valence-electron chi connectivity index (χ3n) is 3.77. The molecule has 1 unspecified atom stereocenters. The molecule has 0 radical (unpaired) electrons. The summed E-state index contributed by atoms with van der Waals surface area (Å²) in [5.41, 5.74) is 2.17. The molecule has 1 heterocycles. The molecule has 0 saturated carbocycles. The molecule has 1 aromatic rings. The summed E-state index contributed by atoms with van der Waals surface area (Å²) in [5, 5.41) is 0. The number of nitrogens with zero attached hydrogens (tertiary/aromatic N) is 1. The highest BCUT2D eigenvalue weighted by Crippen LogP contribution is 2.30. The van der Waals surface area contributed by atoms with Gasteiger partial charge in [-0.3, -0.25) is 4.79 Å². The lowest BCUT2D eigenvalue weighted by molar-refractivity contribution is -0.154. The van der Waals surface area contributed by atoms with Crippen molar-refractivity contribution in [3.63, 3.8) is 0 Å². The van der Waals surface area contributed by atoms with E-state index in [0.717, 1.165) is 5.56 Å². The van der Waals surface area contributed by atoms with Crippen molar-refractivity contribution in [2.45, 2.75) is 45.8 Å². The van der Waals surface area contributed by atoms with Crippen LogP contribution in [-0.2, 0) is 9.53 Å². The molecule has 1 aliphatic rings. The Bertz CT molecular complexity index is 450. The zero-order chi connectivity index (χ0) is 14.0. The van der Waals surface area contributed by atoms with Gasteiger partial charge in [0.2, 0.25) is 5.91 Å². The van der Waals surface area contributed by atoms with Gasteiger partial charge in [0.05, 0.1) is 18.7 Å². The first-order valence-electron chi connectivity index (χ1n) is 6.92. The minimum absolute atomic E-state index is 0.0101. The number of carbonyl (C=O) groups excluding carboxylic acids is 1. The molecule has 0 N–H and O–H groups in total. The standard InChI is InChI=1S/C16H23NO2/c1-5-15(18)17-10-14(19-11-16(17,3)4)13-8-6-12(2)7-9-13/h6-9,14H,5,10-11H2,1-4H3. The van der Waals surface area contributed by atoms with Crippen LogP contribution in [0.15, 0.2) is 24.3 Å². The normalized spacial score (nSPS) is 22.3. The van der Waals surface area contributed by atoms with E-state index in [2.05, 4.69) is 45.0 Å². The van der Waals surface area contributed by atoms with E-state index >= 15 is 0 Å². The van der Waals surface area contributed by atoms with Gasteiger partial charge in [0.15, 0.2) is 0 Å². The molecule has 3 nitrogen and oxygen atoms in total. The van der Waals surface area contributed by atoms with Gasteiger partial charge in [-0.05, 0) is 26.3 Å². The van der Waals surface area contributed by atoms with Crippen LogP contribution in [0.3, 0.4) is 0 Å². The second-order valence-corrected chi connectivity index (χ2v) is 5.88. The van der Waals surface area contributed by atoms with Gasteiger partial charge in [0.25, 0.3) is 0 Å². The lowest BCUT2D eigenvalue weighted by atomic mass is 9.97. The van der Waals surface area contributed by atoms with Crippen LogP contribution in [-0.4, -0.2) is 29.5 Å². The molecule has 0 spiro atoms. The summed E-state index contributed by atoms with van der Waals surface area (Å²) in [6.45, 7) is 9.33. The van der Waals surface area contributed by atoms with Crippen molar-refractivity contribution in [3.05, 3.63) is 35.4 Å². The maximum absolute atomic E-state index is 12.1. The lowest BCUT2D eigenvalue weighted by Crippen LogP contribution is -2.56. The average molecular weight is 261 g/mol. The molecule has 1 atom stereocenters. The Morgan fingerprint density at radius 2 is 2.00 bits per heavy atom. The molecule has 1 aromatic carbocycles. The molecule has 1 aliphatic heterocycles. The summed E-state index contributed by atoms with van der Waals surface area (Å²) in [4.78, 5) is 14.0. The van der Waals surface area contributed by atoms with Crippen molar-refractivity contribution in [1.29, 1.82) is 0 Å². The lowest BCUT2D eigenvalue weighted by Gasteiger charge is -2.45. The monoisotopic (exact) mass is 261 g/mol. The number of ether oxygens (including phenoxy) is 1. The molecule has 1 saturated heterocycles. The van der Waals surface area contributed by atoms with Gasteiger partial charge < -0.3 is 9.64 Å². The number of morpholine rings is 1. The van der Waals surface area contributed by atoms with Gasteiger partial charge >= 0.3 is 0 Å². The highest BCUT2D eigenvalue weighted by molar-refractivity contribution is 5.76. The van der Waals surface area contributed by atoms with Crippen LogP contribution in [0.2, 0.25) is 0 Å². The average Bonchev–Trinajstić information content (AvgIpc) is 2.39. The van der Waals surface area contributed by atoms with Gasteiger partial charge in [0, 0.05) is 6.42 Å². The predicted molar refractivity (Wildman–Crippen MR) is 76.0 cm³/mol. The van der Waals surface area contributed by atoms with E-state index in [0.29, 0.717) is 19.6 Å². The second-order valence-electron chi connectivity index (χ2n) is 5.88. The maximum atomic E-state index is 12.1. The first kappa shape index (κ1) is 14.1. The van der Waals surface area contributed by atoms with Crippen LogP contribution >= 0.6 is 0 Å². The van der Waals surface area contributed by atoms with E-state index in [1.54, 1.807) is 0 Å². The molecule has 104 valence electrons. The summed E-state index contributed by atoms with van der Waals surface area (Å²) in [5.74, 6) is 0.199. The molecule has 0 aromatic heterocycles. The van der Waals surface area contributed by atoms with Gasteiger partial charge in [0.1, 0.15) is 6.10 Å². The van der Waals surface area contributed by atoms with E-state index in [1.165, 1.54) is 5.56 Å². The van der Waals surface area contributed by atoms with Crippen molar-refractivity contribution < 1.29 is 9.53 Å². The quantitative estimate of drug-likeness (QED) is 0.818. The number of amides is 1. The van der Waals surface area contributed by atoms with Crippen molar-refractivity contribution in [3.8, 4) is 0 Å². The molecule has 2 rings (SSSR count). The molecule has 0 aliphatic carbocycles. The maximum Gasteiger partial charge on any atom is 0.222 e. The SMILES string of the molecule is CCC(=O)N1CC(c2ccc(C)cc2)OCC1(C)C. The van der Waals surface area contributed by atoms with Crippen molar-refractivity contribution in [2.24, 2.45) is 0 Å². The van der Waals surface area contributed by atoms with Gasteiger partial charge in [-0.1, -0.05) is 36.8 Å². The molecule has 0 bridgehead atoms. The van der Waals surface area contributed by atoms with Crippen LogP contribution in [0.5, 0.6) is 0 Å². The fourth-order valence-electron chi connectivity index (χ4n) is 2.46. The third-order valence-corrected chi connectivity index (χ3v) is 3.77. The number of rotatable bonds is 2. The highest BCUT2D eigenvalue weighted by Gasteiger charge is 2.37. The Balaban J connectivity index is 2.18. The topological polar surface area (TPSA) is 29.5 Å². The van der Waals surface area contributed by atoms with Crippen molar-refractivity contribution in [1.82, 2.24) is 4.90 Å². The Morgan fingerprint density at radius 3 is 2.58 bits per heavy atom. The van der Waals surface area contributed by atoms with Crippen LogP contribution in [0.25, 0.3) is 0 Å². The molecular formula is C16H23NO2. The van der Waals surface area contributed by atoms with Gasteiger partial charge in [-0.15, -0.1) is 0 Å². The van der Waals surface area contributed by atoms with E-state index < -0.39 is 0 Å². The zero-order valence-corrected chi connectivity index (χ0v) is 12.3. The molecular weight excluding hydrogens is 238 g/mol. The van der Waals surface area contributed by atoms with E-state index in [-0.39, 0.29) is 17.6 Å². The smallest absolute Gasteiger partial charge is 0.222 e. The van der Waals surface area contributed by atoms with E-state index in [1.807, 2.05) is 11.8 Å². The van der Waals surface area contributed by atoms with Gasteiger partial charge in [-0.25, -0.2) is 0 Å². The first-order chi connectivity index (χ1) is 8.94. The molecule has 19 heavy (non-hydrogen) atoms. The first-order valence-corrected chi connectivity index (χ1v) is 6.92. The van der Waals surface area contributed by atoms with Crippen molar-refractivity contribution in [2.75, 3.05) is 13.2 Å². The summed E-state index contributed by atoms with van der Waals surface area (Å²) < 4.78 is 5.95. The van der Waals surface area contributed by atoms with Crippen LogP contribution in [0.1, 0.15) is 44.4 Å². The largest absolute Gasteiger partial charge is 0.369 e. The number of hydrogen-bond acceptors (Lipinski definition) is 2. The minimum Gasteiger partial charge on any atom is -0.369 e. The molecule has 3 heteroatoms. The number of benzene rings is 1. The number of hydrogen-bond donors (Lipinski definition) is 0. The van der Waals surface area contributed by atoms with Gasteiger partial charge in [-0.2, -0.15) is 0 Å². The Labute approximate surface area is 115 Å².